The molecule has 3 heterocycles. The van der Waals surface area contributed by atoms with Crippen LogP contribution in [0.15, 0.2) is 28.1 Å². The Morgan fingerprint density at radius 3 is 2.72 bits per heavy atom. The minimum Gasteiger partial charge on any atom is -0.459 e. The summed E-state index contributed by atoms with van der Waals surface area (Å²) < 4.78 is 10.7. The lowest BCUT2D eigenvalue weighted by molar-refractivity contribution is -0.153. The van der Waals surface area contributed by atoms with E-state index in [0.717, 1.165) is 17.7 Å². The van der Waals surface area contributed by atoms with E-state index in [1.165, 1.54) is 0 Å². The number of likely N-dealkylation sites (tertiary alicyclic amines) is 1. The number of nitrogens with zero attached hydrogens (tertiary/aromatic N) is 2. The van der Waals surface area contributed by atoms with Gasteiger partial charge in [-0.1, -0.05) is 11.2 Å². The summed E-state index contributed by atoms with van der Waals surface area (Å²) in [6, 6.07) is 5.70. The zero-order valence-corrected chi connectivity index (χ0v) is 14.7. The van der Waals surface area contributed by atoms with Crippen LogP contribution in [0.3, 0.4) is 0 Å². The van der Waals surface area contributed by atoms with Gasteiger partial charge in [0.05, 0.1) is 10.8 Å². The van der Waals surface area contributed by atoms with Crippen LogP contribution >= 0.6 is 11.3 Å². The zero-order valence-electron chi connectivity index (χ0n) is 13.8. The smallest absolute Gasteiger partial charge is 0.309 e. The molecule has 0 spiro atoms. The second-order valence-electron chi connectivity index (χ2n) is 6.64. The molecule has 1 aliphatic carbocycles. The summed E-state index contributed by atoms with van der Waals surface area (Å²) in [6.07, 6.45) is 3.39. The number of esters is 1. The first-order chi connectivity index (χ1) is 12.2. The second kappa shape index (κ2) is 7.00. The fraction of sp³-hybridized carbons (Fsp3) is 0.500. The number of piperidine rings is 1. The maximum absolute atomic E-state index is 12.2. The SMILES string of the molecule is O=C(OCc1cc(-c2cccs2)on1)C1CCN(C(=O)C2CC2)CC1. The molecule has 0 N–H and O–H groups in total. The van der Waals surface area contributed by atoms with Crippen molar-refractivity contribution in [1.29, 1.82) is 0 Å². The molecule has 0 aromatic carbocycles. The largest absolute Gasteiger partial charge is 0.459 e. The predicted molar refractivity (Wildman–Crippen MR) is 91.6 cm³/mol. The van der Waals surface area contributed by atoms with Gasteiger partial charge in [-0.3, -0.25) is 9.59 Å². The monoisotopic (exact) mass is 360 g/mol. The average Bonchev–Trinajstić information content (AvgIpc) is 3.15. The maximum Gasteiger partial charge on any atom is 0.309 e. The van der Waals surface area contributed by atoms with Gasteiger partial charge in [-0.2, -0.15) is 0 Å². The van der Waals surface area contributed by atoms with Crippen molar-refractivity contribution in [1.82, 2.24) is 10.1 Å². The first-order valence-corrected chi connectivity index (χ1v) is 9.53. The van der Waals surface area contributed by atoms with Crippen molar-refractivity contribution in [2.45, 2.75) is 32.3 Å². The molecular weight excluding hydrogens is 340 g/mol. The summed E-state index contributed by atoms with van der Waals surface area (Å²) in [7, 11) is 0. The molecule has 1 saturated carbocycles. The minimum absolute atomic E-state index is 0.120. The second-order valence-corrected chi connectivity index (χ2v) is 7.59. The molecule has 1 saturated heterocycles. The van der Waals surface area contributed by atoms with Crippen LogP contribution in [-0.2, 0) is 20.9 Å². The Bertz CT molecular complexity index is 743. The fourth-order valence-corrected chi connectivity index (χ4v) is 3.77. The molecule has 132 valence electrons. The van der Waals surface area contributed by atoms with Gasteiger partial charge in [-0.15, -0.1) is 11.3 Å². The van der Waals surface area contributed by atoms with Gasteiger partial charge in [0.15, 0.2) is 5.76 Å². The van der Waals surface area contributed by atoms with Gasteiger partial charge in [0.2, 0.25) is 5.91 Å². The Hall–Kier alpha value is -2.15. The van der Waals surface area contributed by atoms with Gasteiger partial charge < -0.3 is 14.2 Å². The Morgan fingerprint density at radius 2 is 2.04 bits per heavy atom. The van der Waals surface area contributed by atoms with Crippen LogP contribution in [0.4, 0.5) is 0 Å². The number of ether oxygens (including phenoxy) is 1. The van der Waals surface area contributed by atoms with Crippen molar-refractivity contribution in [3.63, 3.8) is 0 Å². The lowest BCUT2D eigenvalue weighted by Crippen LogP contribution is -2.41. The molecule has 2 fully saturated rings. The lowest BCUT2D eigenvalue weighted by atomic mass is 9.97. The van der Waals surface area contributed by atoms with E-state index in [2.05, 4.69) is 5.16 Å². The van der Waals surface area contributed by atoms with Crippen molar-refractivity contribution < 1.29 is 18.8 Å². The highest BCUT2D eigenvalue weighted by atomic mass is 32.1. The Kier molecular flexibility index (Phi) is 4.57. The molecule has 0 atom stereocenters. The fourth-order valence-electron chi connectivity index (χ4n) is 3.10. The van der Waals surface area contributed by atoms with Gasteiger partial charge in [-0.05, 0) is 37.1 Å². The highest BCUT2D eigenvalue weighted by Gasteiger charge is 2.36. The molecule has 1 aliphatic heterocycles. The molecule has 7 heteroatoms. The van der Waals surface area contributed by atoms with E-state index in [-0.39, 0.29) is 30.3 Å². The highest BCUT2D eigenvalue weighted by molar-refractivity contribution is 7.13. The molecule has 0 unspecified atom stereocenters. The van der Waals surface area contributed by atoms with Crippen molar-refractivity contribution in [3.05, 3.63) is 29.3 Å². The summed E-state index contributed by atoms with van der Waals surface area (Å²) in [4.78, 5) is 27.2. The maximum atomic E-state index is 12.2. The van der Waals surface area contributed by atoms with Gasteiger partial charge in [0, 0.05) is 25.1 Å². The van der Waals surface area contributed by atoms with Gasteiger partial charge in [-0.25, -0.2) is 0 Å². The number of carbonyl (C=O) groups excluding carboxylic acids is 2. The number of hydrogen-bond donors (Lipinski definition) is 0. The molecular formula is C18H20N2O4S. The molecule has 2 aliphatic rings. The molecule has 1 amide bonds. The first-order valence-electron chi connectivity index (χ1n) is 8.65. The number of rotatable bonds is 5. The van der Waals surface area contributed by atoms with E-state index in [9.17, 15) is 9.59 Å². The Labute approximate surface area is 149 Å². The summed E-state index contributed by atoms with van der Waals surface area (Å²) in [5, 5.41) is 5.92. The van der Waals surface area contributed by atoms with Crippen LogP contribution in [0, 0.1) is 11.8 Å². The van der Waals surface area contributed by atoms with Crippen molar-refractivity contribution in [3.8, 4) is 10.6 Å². The van der Waals surface area contributed by atoms with Crippen LogP contribution in [0.25, 0.3) is 10.6 Å². The standard InChI is InChI=1S/C18H20N2O4S/c21-17(12-3-4-12)20-7-5-13(6-8-20)18(22)23-11-14-10-15(24-19-14)16-2-1-9-25-16/h1-2,9-10,12-13H,3-8,11H2. The topological polar surface area (TPSA) is 72.6 Å². The van der Waals surface area contributed by atoms with Crippen LogP contribution in [0.2, 0.25) is 0 Å². The number of thiophene rings is 1. The molecule has 0 radical (unpaired) electrons. The third kappa shape index (κ3) is 3.76. The molecule has 25 heavy (non-hydrogen) atoms. The third-order valence-electron chi connectivity index (χ3n) is 4.75. The van der Waals surface area contributed by atoms with Gasteiger partial charge in [0.25, 0.3) is 0 Å². The number of aromatic nitrogens is 1. The van der Waals surface area contributed by atoms with E-state index in [0.29, 0.717) is 37.4 Å². The summed E-state index contributed by atoms with van der Waals surface area (Å²) >= 11 is 1.57. The van der Waals surface area contributed by atoms with Crippen LogP contribution in [-0.4, -0.2) is 35.0 Å². The summed E-state index contributed by atoms with van der Waals surface area (Å²) in [5.74, 6) is 0.850. The molecule has 2 aromatic heterocycles. The summed E-state index contributed by atoms with van der Waals surface area (Å²) in [5.41, 5.74) is 0.609. The van der Waals surface area contributed by atoms with E-state index in [4.69, 9.17) is 9.26 Å². The molecule has 4 rings (SSSR count). The zero-order chi connectivity index (χ0) is 17.2. The van der Waals surface area contributed by atoms with Gasteiger partial charge >= 0.3 is 5.97 Å². The van der Waals surface area contributed by atoms with Crippen molar-refractivity contribution >= 4 is 23.2 Å². The van der Waals surface area contributed by atoms with E-state index < -0.39 is 0 Å². The number of carbonyl (C=O) groups is 2. The Balaban J connectivity index is 1.25. The first kappa shape index (κ1) is 16.3. The molecule has 2 aromatic rings. The van der Waals surface area contributed by atoms with E-state index in [1.807, 2.05) is 22.4 Å². The molecule has 0 bridgehead atoms. The number of hydrogen-bond acceptors (Lipinski definition) is 6. The van der Waals surface area contributed by atoms with Crippen molar-refractivity contribution in [2.75, 3.05) is 13.1 Å². The summed E-state index contributed by atoms with van der Waals surface area (Å²) in [6.45, 7) is 1.43. The normalized spacial score (nSPS) is 18.3. The Morgan fingerprint density at radius 1 is 1.24 bits per heavy atom. The highest BCUT2D eigenvalue weighted by Crippen LogP contribution is 2.32. The van der Waals surface area contributed by atoms with Crippen molar-refractivity contribution in [2.24, 2.45) is 11.8 Å². The van der Waals surface area contributed by atoms with Crippen LogP contribution in [0.1, 0.15) is 31.4 Å². The molecule has 6 nitrogen and oxygen atoms in total. The van der Waals surface area contributed by atoms with E-state index >= 15 is 0 Å². The van der Waals surface area contributed by atoms with Crippen LogP contribution < -0.4 is 0 Å². The lowest BCUT2D eigenvalue weighted by Gasteiger charge is -2.31. The minimum atomic E-state index is -0.209. The van der Waals surface area contributed by atoms with E-state index in [1.54, 1.807) is 17.4 Å². The predicted octanol–water partition coefficient (Wildman–Crippen LogP) is 3.09. The average molecular weight is 360 g/mol. The van der Waals surface area contributed by atoms with Crippen LogP contribution in [0.5, 0.6) is 0 Å². The van der Waals surface area contributed by atoms with Gasteiger partial charge in [0.1, 0.15) is 12.3 Å². The quantitative estimate of drug-likeness (QED) is 0.766. The number of amides is 1. The third-order valence-corrected chi connectivity index (χ3v) is 5.64.